The van der Waals surface area contributed by atoms with Crippen LogP contribution in [0.3, 0.4) is 0 Å². The number of aromatic hydroxyl groups is 2. The van der Waals surface area contributed by atoms with E-state index in [-0.39, 0.29) is 15.6 Å². The van der Waals surface area contributed by atoms with E-state index in [1.807, 2.05) is 6.92 Å². The molecule has 0 aliphatic carbocycles. The van der Waals surface area contributed by atoms with E-state index in [0.29, 0.717) is 24.5 Å². The zero-order valence-corrected chi connectivity index (χ0v) is 21.7. The van der Waals surface area contributed by atoms with Gasteiger partial charge in [-0.25, -0.2) is 0 Å². The lowest BCUT2D eigenvalue weighted by atomic mass is 9.82. The van der Waals surface area contributed by atoms with Crippen molar-refractivity contribution in [3.05, 3.63) is 57.6 Å². The largest absolute Gasteiger partial charge is 0.507 e. The Hall–Kier alpha value is -1.47. The zero-order chi connectivity index (χ0) is 22.9. The predicted octanol–water partition coefficient (Wildman–Crippen LogP) is 5.98. The molecule has 1 unspecified atom stereocenters. The molecule has 0 saturated heterocycles. The Morgan fingerprint density at radius 1 is 0.833 bits per heavy atom. The van der Waals surface area contributed by atoms with Crippen LogP contribution in [-0.2, 0) is 21.0 Å². The van der Waals surface area contributed by atoms with Gasteiger partial charge in [0.25, 0.3) is 0 Å². The molecule has 0 radical (unpaired) electrons. The van der Waals surface area contributed by atoms with Crippen molar-refractivity contribution >= 4 is 15.6 Å². The molecule has 0 saturated carbocycles. The second-order valence-electron chi connectivity index (χ2n) is 10.6. The van der Waals surface area contributed by atoms with Gasteiger partial charge in [-0.3, -0.25) is 0 Å². The van der Waals surface area contributed by atoms with Gasteiger partial charge >= 0.3 is 15.6 Å². The van der Waals surface area contributed by atoms with Gasteiger partial charge in [-0.1, -0.05) is 76.9 Å². The Kier molecular flexibility index (Phi) is 7.73. The van der Waals surface area contributed by atoms with Crippen molar-refractivity contribution in [1.82, 2.24) is 0 Å². The van der Waals surface area contributed by atoms with E-state index in [0.717, 1.165) is 33.4 Å². The Bertz CT molecular complexity index is 889. The molecule has 0 spiro atoms. The summed E-state index contributed by atoms with van der Waals surface area (Å²) in [5.41, 5.74) is 5.85. The standard InChI is InChI=1S/C24H33O2.C2H5O.Al.H/c1-15-11-17(21(25)19(13-15)23(3,4)5)9-10-18-12-16(2)14-20(22(18)26)24(6,7)8;1-2-3;;/h9,11-14,25-26H,10H2,1-8H3;2H2,1H3;;/q;-1;+1;. The van der Waals surface area contributed by atoms with Crippen LogP contribution in [0.4, 0.5) is 0 Å². The summed E-state index contributed by atoms with van der Waals surface area (Å²) in [6, 6.07) is 8.34. The smallest absolute Gasteiger partial charge is 0.444 e. The fourth-order valence-corrected chi connectivity index (χ4v) is 5.49. The first-order valence-electron chi connectivity index (χ1n) is 11.0. The van der Waals surface area contributed by atoms with Gasteiger partial charge in [-0.2, -0.15) is 0 Å². The summed E-state index contributed by atoms with van der Waals surface area (Å²) in [6.45, 7) is 19.6. The van der Waals surface area contributed by atoms with Crippen LogP contribution in [0.25, 0.3) is 0 Å². The van der Waals surface area contributed by atoms with Crippen LogP contribution in [0.15, 0.2) is 24.3 Å². The SMILES string of the molecule is CC[O][AlH][CH](Cc1cc(C)cc(C(C)(C)C)c1O)c1cc(C)cc(C(C)(C)C)c1O. The summed E-state index contributed by atoms with van der Waals surface area (Å²) in [4.78, 5) is 0. The minimum atomic E-state index is -0.960. The van der Waals surface area contributed by atoms with Crippen molar-refractivity contribution in [1.29, 1.82) is 0 Å². The number of phenols is 2. The Morgan fingerprint density at radius 2 is 1.33 bits per heavy atom. The van der Waals surface area contributed by atoms with Crippen LogP contribution in [0, 0.1) is 13.8 Å². The van der Waals surface area contributed by atoms with Crippen LogP contribution in [0.1, 0.15) is 86.6 Å². The Labute approximate surface area is 189 Å². The lowest BCUT2D eigenvalue weighted by molar-refractivity contribution is 0.351. The molecule has 4 heteroatoms. The zero-order valence-electron chi connectivity index (χ0n) is 20.3. The van der Waals surface area contributed by atoms with E-state index in [2.05, 4.69) is 79.7 Å². The number of rotatable bonds is 6. The van der Waals surface area contributed by atoms with Crippen molar-refractivity contribution in [3.63, 3.8) is 0 Å². The van der Waals surface area contributed by atoms with Gasteiger partial charge in [-0.05, 0) is 65.1 Å². The van der Waals surface area contributed by atoms with Crippen LogP contribution < -0.4 is 0 Å². The molecule has 1 atom stereocenters. The summed E-state index contributed by atoms with van der Waals surface area (Å²) in [5, 5.41) is 22.3. The molecule has 0 fully saturated rings. The first-order chi connectivity index (χ1) is 13.8. The number of hydrogen-bond acceptors (Lipinski definition) is 3. The van der Waals surface area contributed by atoms with Crippen molar-refractivity contribution in [2.24, 2.45) is 0 Å². The number of benzene rings is 2. The lowest BCUT2D eigenvalue weighted by Crippen LogP contribution is -2.19. The van der Waals surface area contributed by atoms with Crippen LogP contribution >= 0.6 is 0 Å². The number of aryl methyl sites for hydroxylation is 2. The third kappa shape index (κ3) is 5.82. The van der Waals surface area contributed by atoms with E-state index in [9.17, 15) is 10.2 Å². The maximum atomic E-state index is 11.2. The molecule has 2 rings (SSSR count). The van der Waals surface area contributed by atoms with Gasteiger partial charge < -0.3 is 14.0 Å². The maximum absolute atomic E-state index is 11.2. The van der Waals surface area contributed by atoms with Gasteiger partial charge in [0.2, 0.25) is 0 Å². The molecule has 2 aromatic carbocycles. The molecule has 2 N–H and O–H groups in total. The second kappa shape index (κ2) is 9.35. The minimum absolute atomic E-state index is 0.0893. The van der Waals surface area contributed by atoms with Crippen molar-refractivity contribution < 1.29 is 14.0 Å². The quantitative estimate of drug-likeness (QED) is 0.559. The normalized spacial score (nSPS) is 13.4. The summed E-state index contributed by atoms with van der Waals surface area (Å²) in [6.07, 6.45) is 0.670. The highest BCUT2D eigenvalue weighted by atomic mass is 27.1. The monoisotopic (exact) mass is 426 g/mol. The van der Waals surface area contributed by atoms with Crippen molar-refractivity contribution in [2.75, 3.05) is 6.61 Å². The number of phenolic OH excluding ortho intramolecular Hbond substituents is 2. The first kappa shape index (κ1) is 24.8. The van der Waals surface area contributed by atoms with E-state index in [1.165, 1.54) is 0 Å². The van der Waals surface area contributed by atoms with E-state index in [4.69, 9.17) is 3.79 Å². The average Bonchev–Trinajstić information content (AvgIpc) is 2.61. The summed E-state index contributed by atoms with van der Waals surface area (Å²) in [7, 11) is 0. The van der Waals surface area contributed by atoms with Gasteiger partial charge in [0, 0.05) is 6.61 Å². The topological polar surface area (TPSA) is 49.7 Å². The molecule has 0 amide bonds. The maximum Gasteiger partial charge on any atom is 0.444 e. The fourth-order valence-electron chi connectivity index (χ4n) is 4.06. The molecule has 0 aliphatic rings. The van der Waals surface area contributed by atoms with E-state index in [1.54, 1.807) is 0 Å². The highest BCUT2D eigenvalue weighted by molar-refractivity contribution is 6.30. The van der Waals surface area contributed by atoms with Gasteiger partial charge in [0.1, 0.15) is 11.5 Å². The second-order valence-corrected chi connectivity index (χ2v) is 12.4. The van der Waals surface area contributed by atoms with Gasteiger partial charge in [0.15, 0.2) is 0 Å². The molecule has 0 aromatic heterocycles. The highest BCUT2D eigenvalue weighted by Gasteiger charge is 2.28. The Balaban J connectivity index is 2.59. The molecule has 0 heterocycles. The van der Waals surface area contributed by atoms with Crippen molar-refractivity contribution in [3.8, 4) is 11.5 Å². The van der Waals surface area contributed by atoms with E-state index < -0.39 is 15.6 Å². The molecular weight excluding hydrogens is 387 g/mol. The van der Waals surface area contributed by atoms with E-state index >= 15 is 0 Å². The predicted molar refractivity (Wildman–Crippen MR) is 128 cm³/mol. The molecule has 0 aliphatic heterocycles. The van der Waals surface area contributed by atoms with Crippen molar-refractivity contribution in [2.45, 2.75) is 84.3 Å². The fraction of sp³-hybridized carbons (Fsp3) is 0.538. The average molecular weight is 427 g/mol. The molecule has 2 aromatic rings. The minimum Gasteiger partial charge on any atom is -0.507 e. The summed E-state index contributed by atoms with van der Waals surface area (Å²) in [5.74, 6) is 0.764. The third-order valence-corrected chi connectivity index (χ3v) is 7.44. The van der Waals surface area contributed by atoms with Gasteiger partial charge in [-0.15, -0.1) is 0 Å². The summed E-state index contributed by atoms with van der Waals surface area (Å²) >= 11 is -0.960. The molecule has 30 heavy (non-hydrogen) atoms. The first-order valence-corrected chi connectivity index (χ1v) is 12.4. The lowest BCUT2D eigenvalue weighted by Gasteiger charge is -2.27. The molecule has 0 bridgehead atoms. The van der Waals surface area contributed by atoms with Gasteiger partial charge in [0.05, 0.1) is 0 Å². The molecule has 164 valence electrons. The Morgan fingerprint density at radius 3 is 1.83 bits per heavy atom. The highest BCUT2D eigenvalue weighted by Crippen LogP contribution is 2.41. The van der Waals surface area contributed by atoms with Crippen LogP contribution in [0.2, 0.25) is 0 Å². The third-order valence-electron chi connectivity index (χ3n) is 5.66. The summed E-state index contributed by atoms with van der Waals surface area (Å²) < 4.78 is 6.05. The molecule has 3 nitrogen and oxygen atoms in total. The molecular formula is C26H39AlO3. The van der Waals surface area contributed by atoms with Crippen LogP contribution in [-0.4, -0.2) is 32.4 Å². The van der Waals surface area contributed by atoms with Crippen LogP contribution in [0.5, 0.6) is 11.5 Å². The number of hydrogen-bond donors (Lipinski definition) is 2.